The predicted molar refractivity (Wildman–Crippen MR) is 187 cm³/mol. The van der Waals surface area contributed by atoms with E-state index in [1.807, 2.05) is 6.07 Å². The van der Waals surface area contributed by atoms with E-state index in [-0.39, 0.29) is 36.2 Å². The molecule has 0 aliphatic heterocycles. The van der Waals surface area contributed by atoms with Crippen LogP contribution in [0.1, 0.15) is 27.6 Å². The molecule has 0 unspecified atom stereocenters. The van der Waals surface area contributed by atoms with E-state index in [4.69, 9.17) is 24.5 Å². The third kappa shape index (κ3) is 16.6. The number of aromatic nitrogens is 3. The molecule has 0 spiro atoms. The van der Waals surface area contributed by atoms with E-state index in [1.54, 1.807) is 48.5 Å². The second-order valence-corrected chi connectivity index (χ2v) is 10.4. The molecule has 2 amide bonds. The molecule has 0 saturated heterocycles. The molecule has 0 radical (unpaired) electrons. The lowest BCUT2D eigenvalue weighted by Crippen LogP contribution is -2.27. The summed E-state index contributed by atoms with van der Waals surface area (Å²) in [6.07, 6.45) is 0. The monoisotopic (exact) mass is 709 g/mol. The Morgan fingerprint density at radius 2 is 1.25 bits per heavy atom. The van der Waals surface area contributed by atoms with Crippen molar-refractivity contribution in [2.45, 2.75) is 13.0 Å². The van der Waals surface area contributed by atoms with E-state index in [9.17, 15) is 19.5 Å². The van der Waals surface area contributed by atoms with Crippen molar-refractivity contribution >= 4 is 41.3 Å². The molecular weight excluding hydrogens is 666 g/mol. The van der Waals surface area contributed by atoms with Crippen LogP contribution in [0.3, 0.4) is 0 Å². The van der Waals surface area contributed by atoms with Crippen molar-refractivity contribution in [1.82, 2.24) is 25.6 Å². The van der Waals surface area contributed by atoms with Crippen molar-refractivity contribution in [3.8, 4) is 0 Å². The van der Waals surface area contributed by atoms with Crippen LogP contribution < -0.4 is 26.6 Å². The van der Waals surface area contributed by atoms with Gasteiger partial charge < -0.3 is 50.6 Å². The van der Waals surface area contributed by atoms with Crippen LogP contribution >= 0.6 is 0 Å². The molecule has 274 valence electrons. The number of nitrogens with one attached hydrogen (secondary N) is 5. The van der Waals surface area contributed by atoms with Crippen LogP contribution in [0.5, 0.6) is 0 Å². The van der Waals surface area contributed by atoms with E-state index >= 15 is 0 Å². The normalized spacial score (nSPS) is 11.2. The van der Waals surface area contributed by atoms with E-state index in [0.29, 0.717) is 89.3 Å². The first-order valence-electron chi connectivity index (χ1n) is 16.2. The van der Waals surface area contributed by atoms with Crippen molar-refractivity contribution < 1.29 is 38.4 Å². The standard InChI is InChI=1S/C32H43N11O8/c1-23(29(46)47)38-31-40-30(36-13-17-50-20-19-48-15-11-34-27(44)24-5-3-2-4-6-24)41-32(42-31)39-26-9-7-25(8-10-26)28(45)35-12-16-49-21-22-51-18-14-37-43-33/h2-10,23H,11-22H2,1H3,(H,34,44)(H,35,45)(H,46,47)(H3,36,38,39,40,41,42)/t23-/m0/s1. The summed E-state index contributed by atoms with van der Waals surface area (Å²) in [7, 11) is 0. The number of nitrogens with zero attached hydrogens (tertiary/aromatic N) is 6. The molecule has 6 N–H and O–H groups in total. The summed E-state index contributed by atoms with van der Waals surface area (Å²) in [5, 5.41) is 27.1. The average Bonchev–Trinajstić information content (AvgIpc) is 3.13. The van der Waals surface area contributed by atoms with Crippen molar-refractivity contribution in [3.63, 3.8) is 0 Å². The highest BCUT2D eigenvalue weighted by Crippen LogP contribution is 2.17. The lowest BCUT2D eigenvalue weighted by Gasteiger charge is -2.13. The number of rotatable bonds is 26. The molecule has 2 aromatic carbocycles. The van der Waals surface area contributed by atoms with Crippen molar-refractivity contribution in [1.29, 1.82) is 0 Å². The topological polar surface area (TPSA) is 256 Å². The molecule has 3 rings (SSSR count). The number of hydrogen-bond donors (Lipinski definition) is 6. The zero-order valence-corrected chi connectivity index (χ0v) is 28.2. The minimum atomic E-state index is -1.08. The SMILES string of the molecule is C[C@H](Nc1nc(NCCOCCOCCNC(=O)c2ccccc2)nc(Nc2ccc(C(=O)NCCOCCOCCN=[N+]=[N-])cc2)n1)C(=O)O. The first kappa shape index (κ1) is 39.8. The van der Waals surface area contributed by atoms with Gasteiger partial charge in [-0.1, -0.05) is 23.3 Å². The highest BCUT2D eigenvalue weighted by Gasteiger charge is 2.15. The smallest absolute Gasteiger partial charge is 0.325 e. The Kier molecular flexibility index (Phi) is 18.5. The number of aliphatic carboxylic acids is 1. The summed E-state index contributed by atoms with van der Waals surface area (Å²) in [5.74, 6) is -1.17. The molecule has 19 heteroatoms. The van der Waals surface area contributed by atoms with Gasteiger partial charge in [0.15, 0.2) is 0 Å². The Hall–Kier alpha value is -5.59. The van der Waals surface area contributed by atoms with E-state index in [1.165, 1.54) is 6.92 Å². The van der Waals surface area contributed by atoms with Gasteiger partial charge >= 0.3 is 5.97 Å². The van der Waals surface area contributed by atoms with Gasteiger partial charge in [0.05, 0.1) is 52.9 Å². The molecule has 0 bridgehead atoms. The Labute approximate surface area is 294 Å². The number of carbonyl (C=O) groups excluding carboxylic acids is 2. The molecule has 19 nitrogen and oxygen atoms in total. The van der Waals surface area contributed by atoms with E-state index in [2.05, 4.69) is 51.6 Å². The number of benzene rings is 2. The summed E-state index contributed by atoms with van der Waals surface area (Å²) in [4.78, 5) is 51.5. The molecule has 3 aromatic rings. The summed E-state index contributed by atoms with van der Waals surface area (Å²) >= 11 is 0. The molecule has 1 atom stereocenters. The summed E-state index contributed by atoms with van der Waals surface area (Å²) < 4.78 is 21.7. The number of hydrogen-bond acceptors (Lipinski definition) is 14. The van der Waals surface area contributed by atoms with Crippen LogP contribution in [-0.2, 0) is 23.7 Å². The number of amides is 2. The predicted octanol–water partition coefficient (Wildman–Crippen LogP) is 2.45. The molecule has 0 saturated carbocycles. The molecule has 0 fully saturated rings. The van der Waals surface area contributed by atoms with Crippen molar-refractivity contribution in [3.05, 3.63) is 76.2 Å². The lowest BCUT2D eigenvalue weighted by molar-refractivity contribution is -0.137. The molecule has 1 aromatic heterocycles. The van der Waals surface area contributed by atoms with Gasteiger partial charge in [0, 0.05) is 47.9 Å². The quantitative estimate of drug-likeness (QED) is 0.0303. The second kappa shape index (κ2) is 23.7. The van der Waals surface area contributed by atoms with Crippen molar-refractivity contribution in [2.24, 2.45) is 5.11 Å². The van der Waals surface area contributed by atoms with Gasteiger partial charge in [0.2, 0.25) is 17.8 Å². The number of azide groups is 1. The maximum absolute atomic E-state index is 12.5. The summed E-state index contributed by atoms with van der Waals surface area (Å²) in [5.41, 5.74) is 9.80. The second-order valence-electron chi connectivity index (χ2n) is 10.4. The average molecular weight is 710 g/mol. The summed E-state index contributed by atoms with van der Waals surface area (Å²) in [6, 6.07) is 14.6. The van der Waals surface area contributed by atoms with Gasteiger partial charge in [-0.05, 0) is 48.9 Å². The minimum absolute atomic E-state index is 0.0384. The molecule has 1 heterocycles. The number of anilines is 4. The van der Waals surface area contributed by atoms with Crippen LogP contribution in [-0.4, -0.2) is 123 Å². The molecular formula is C32H43N11O8. The largest absolute Gasteiger partial charge is 0.480 e. The first-order valence-corrected chi connectivity index (χ1v) is 16.2. The fourth-order valence-corrected chi connectivity index (χ4v) is 3.96. The van der Waals surface area contributed by atoms with Crippen LogP contribution in [0.25, 0.3) is 10.4 Å². The molecule has 51 heavy (non-hydrogen) atoms. The number of ether oxygens (including phenoxy) is 4. The van der Waals surface area contributed by atoms with Crippen LogP contribution in [0.15, 0.2) is 59.7 Å². The van der Waals surface area contributed by atoms with Gasteiger partial charge in [-0.15, -0.1) is 0 Å². The molecule has 0 aliphatic rings. The fraction of sp³-hybridized carbons (Fsp3) is 0.438. The Balaban J connectivity index is 1.39. The van der Waals surface area contributed by atoms with Gasteiger partial charge in [-0.25, -0.2) is 0 Å². The lowest BCUT2D eigenvalue weighted by atomic mass is 10.2. The third-order valence-corrected chi connectivity index (χ3v) is 6.53. The zero-order chi connectivity index (χ0) is 36.5. The van der Waals surface area contributed by atoms with Crippen molar-refractivity contribution in [2.75, 3.05) is 95.0 Å². The Bertz CT molecular complexity index is 1540. The van der Waals surface area contributed by atoms with Crippen LogP contribution in [0, 0.1) is 0 Å². The number of carboxylic acid groups (broad SMARTS) is 1. The summed E-state index contributed by atoms with van der Waals surface area (Å²) in [6.45, 7) is 5.38. The van der Waals surface area contributed by atoms with Gasteiger partial charge in [0.25, 0.3) is 11.8 Å². The van der Waals surface area contributed by atoms with Gasteiger partial charge in [-0.3, -0.25) is 14.4 Å². The van der Waals surface area contributed by atoms with Crippen LogP contribution in [0.4, 0.5) is 23.5 Å². The van der Waals surface area contributed by atoms with E-state index in [0.717, 1.165) is 0 Å². The number of carbonyl (C=O) groups is 3. The maximum atomic E-state index is 12.5. The number of carboxylic acids is 1. The van der Waals surface area contributed by atoms with Gasteiger partial charge in [-0.2, -0.15) is 15.0 Å². The highest BCUT2D eigenvalue weighted by atomic mass is 16.5. The van der Waals surface area contributed by atoms with E-state index < -0.39 is 12.0 Å². The molecule has 0 aliphatic carbocycles. The minimum Gasteiger partial charge on any atom is -0.480 e. The fourth-order valence-electron chi connectivity index (χ4n) is 3.96. The third-order valence-electron chi connectivity index (χ3n) is 6.53. The first-order chi connectivity index (χ1) is 24.9. The Morgan fingerprint density at radius 3 is 1.84 bits per heavy atom. The van der Waals surface area contributed by atoms with Gasteiger partial charge in [0.1, 0.15) is 6.04 Å². The Morgan fingerprint density at radius 1 is 0.725 bits per heavy atom. The highest BCUT2D eigenvalue weighted by molar-refractivity contribution is 5.94. The van der Waals surface area contributed by atoms with Crippen LogP contribution in [0.2, 0.25) is 0 Å². The zero-order valence-electron chi connectivity index (χ0n) is 28.2. The maximum Gasteiger partial charge on any atom is 0.325 e.